The number of nitrogens with zero attached hydrogens (tertiary/aromatic N) is 1. The topological polar surface area (TPSA) is 111 Å². The van der Waals surface area contributed by atoms with Crippen LogP contribution in [0.4, 0.5) is 0 Å². The Bertz CT molecular complexity index is 1010. The second-order valence-corrected chi connectivity index (χ2v) is 14.9. The normalized spacial score (nSPS) is 39.0. The lowest BCUT2D eigenvalue weighted by atomic mass is 9.45. The fraction of sp³-hybridized carbons (Fsp3) is 0.882. The minimum absolute atomic E-state index is 0.0892. The molecule has 5 saturated carbocycles. The van der Waals surface area contributed by atoms with Crippen molar-refractivity contribution < 1.29 is 24.6 Å². The van der Waals surface area contributed by atoms with Crippen LogP contribution in [-0.2, 0) is 14.4 Å². The van der Waals surface area contributed by atoms with Crippen molar-refractivity contribution in [3.8, 4) is 11.8 Å². The predicted octanol–water partition coefficient (Wildman–Crippen LogP) is 3.65. The van der Waals surface area contributed by atoms with Crippen molar-refractivity contribution in [2.45, 2.75) is 123 Å². The third-order valence-corrected chi connectivity index (χ3v) is 11.9. The van der Waals surface area contributed by atoms with Gasteiger partial charge in [0.05, 0.1) is 19.3 Å². The summed E-state index contributed by atoms with van der Waals surface area (Å²) in [5, 5.41) is 29.0. The molecule has 1 aliphatic heterocycles. The van der Waals surface area contributed by atoms with Gasteiger partial charge in [-0.15, -0.1) is 0 Å². The molecule has 0 aromatic carbocycles. The number of nitrogens with one attached hydrogen (secondary N) is 2. The summed E-state index contributed by atoms with van der Waals surface area (Å²) in [6.45, 7) is 9.42. The van der Waals surface area contributed by atoms with E-state index in [1.165, 1.54) is 12.8 Å². The maximum Gasteiger partial charge on any atom is 0.240 e. The summed E-state index contributed by atoms with van der Waals surface area (Å²) >= 11 is 0. The molecule has 0 aromatic heterocycles. The van der Waals surface area contributed by atoms with Gasteiger partial charge in [-0.2, -0.15) is 5.06 Å². The Labute approximate surface area is 253 Å². The van der Waals surface area contributed by atoms with Crippen LogP contribution in [0, 0.1) is 58.7 Å². The van der Waals surface area contributed by atoms with Gasteiger partial charge in [0.2, 0.25) is 11.8 Å². The highest BCUT2D eigenvalue weighted by atomic mass is 16.7. The number of hydroxylamine groups is 2. The van der Waals surface area contributed by atoms with Gasteiger partial charge in [0.1, 0.15) is 12.1 Å². The van der Waals surface area contributed by atoms with Gasteiger partial charge in [-0.25, -0.2) is 0 Å². The summed E-state index contributed by atoms with van der Waals surface area (Å²) in [5.41, 5.74) is 0.342. The molecule has 6 fully saturated rings. The lowest BCUT2D eigenvalue weighted by molar-refractivity contribution is -0.184. The Morgan fingerprint density at radius 1 is 1.05 bits per heavy atom. The lowest BCUT2D eigenvalue weighted by Crippen LogP contribution is -2.62. The molecular formula is C34H55N3O5. The molecule has 3 unspecified atom stereocenters. The van der Waals surface area contributed by atoms with Crippen molar-refractivity contribution in [3.63, 3.8) is 0 Å². The summed E-state index contributed by atoms with van der Waals surface area (Å²) in [5.74, 6) is 8.56. The van der Waals surface area contributed by atoms with Gasteiger partial charge in [0.25, 0.3) is 0 Å². The van der Waals surface area contributed by atoms with Gasteiger partial charge in [0, 0.05) is 30.3 Å². The van der Waals surface area contributed by atoms with Crippen molar-refractivity contribution in [2.75, 3.05) is 19.7 Å². The molecule has 5 aliphatic carbocycles. The summed E-state index contributed by atoms with van der Waals surface area (Å²) in [6, 6.07) is -0.506. The molecule has 42 heavy (non-hydrogen) atoms. The molecular weight excluding hydrogens is 530 g/mol. The highest BCUT2D eigenvalue weighted by molar-refractivity contribution is 5.83. The monoisotopic (exact) mass is 585 g/mol. The van der Waals surface area contributed by atoms with E-state index in [2.05, 4.69) is 43.2 Å². The van der Waals surface area contributed by atoms with E-state index in [4.69, 9.17) is 4.84 Å². The van der Waals surface area contributed by atoms with Gasteiger partial charge in [-0.05, 0) is 81.0 Å². The Hall–Kier alpha value is -1.66. The van der Waals surface area contributed by atoms with E-state index in [0.29, 0.717) is 42.2 Å². The van der Waals surface area contributed by atoms with Gasteiger partial charge in [-0.1, -0.05) is 58.3 Å². The molecule has 6 aliphatic rings. The second kappa shape index (κ2) is 13.5. The van der Waals surface area contributed by atoms with Crippen molar-refractivity contribution in [3.05, 3.63) is 0 Å². The zero-order valence-corrected chi connectivity index (χ0v) is 26.3. The molecule has 1 heterocycles. The Kier molecular flexibility index (Phi) is 10.2. The first-order valence-electron chi connectivity index (χ1n) is 16.9. The molecule has 0 spiro atoms. The zero-order valence-electron chi connectivity index (χ0n) is 26.3. The van der Waals surface area contributed by atoms with Crippen molar-refractivity contribution in [1.29, 1.82) is 0 Å². The third kappa shape index (κ3) is 6.70. The van der Waals surface area contributed by atoms with Crippen LogP contribution in [0.2, 0.25) is 0 Å². The number of hydrogen-bond acceptors (Lipinski definition) is 6. The highest BCUT2D eigenvalue weighted by Crippen LogP contribution is 2.61. The van der Waals surface area contributed by atoms with Gasteiger partial charge in [0.15, 0.2) is 0 Å². The Balaban J connectivity index is 1.18. The predicted molar refractivity (Wildman–Crippen MR) is 162 cm³/mol. The Morgan fingerprint density at radius 3 is 2.48 bits per heavy atom. The van der Waals surface area contributed by atoms with Crippen LogP contribution in [0.25, 0.3) is 0 Å². The first-order chi connectivity index (χ1) is 20.1. The van der Waals surface area contributed by atoms with Crippen LogP contribution in [-0.4, -0.2) is 71.1 Å². The summed E-state index contributed by atoms with van der Waals surface area (Å²) < 4.78 is 0. The average Bonchev–Trinajstić information content (AvgIpc) is 3.35. The van der Waals surface area contributed by atoms with Crippen LogP contribution in [0.15, 0.2) is 0 Å². The summed E-state index contributed by atoms with van der Waals surface area (Å²) in [7, 11) is 0. The van der Waals surface area contributed by atoms with E-state index >= 15 is 0 Å². The van der Waals surface area contributed by atoms with Crippen molar-refractivity contribution in [1.82, 2.24) is 15.7 Å². The van der Waals surface area contributed by atoms with E-state index in [9.17, 15) is 19.8 Å². The minimum atomic E-state index is -0.784. The van der Waals surface area contributed by atoms with Crippen LogP contribution in [0.5, 0.6) is 0 Å². The number of aliphatic hydroxyl groups is 2. The summed E-state index contributed by atoms with van der Waals surface area (Å²) in [6.07, 6.45) is 10.4. The van der Waals surface area contributed by atoms with Gasteiger partial charge < -0.3 is 20.8 Å². The quantitative estimate of drug-likeness (QED) is 0.324. The molecule has 4 N–H and O–H groups in total. The molecule has 8 nitrogen and oxygen atoms in total. The average molecular weight is 586 g/mol. The molecule has 2 bridgehead atoms. The van der Waals surface area contributed by atoms with E-state index in [1.54, 1.807) is 12.0 Å². The number of carbonyl (C=O) groups is 2. The van der Waals surface area contributed by atoms with E-state index in [1.807, 2.05) is 0 Å². The largest absolute Gasteiger partial charge is 0.394 e. The molecule has 6 rings (SSSR count). The van der Waals surface area contributed by atoms with E-state index in [-0.39, 0.29) is 36.3 Å². The third-order valence-electron chi connectivity index (χ3n) is 11.9. The number of hydrogen-bond donors (Lipinski definition) is 4. The number of rotatable bonds is 8. The molecule has 0 radical (unpaired) electrons. The lowest BCUT2D eigenvalue weighted by Gasteiger charge is -2.62. The first kappa shape index (κ1) is 31.8. The SMILES string of the molecule is C[C@H](O)[C@@H]1[C@H](CO)ON(CC2CCCC(C#CCNC(=O)C3CCCCC3)C2)[C@@H]1C(=O)N[C@H]1C[C@H]2CC([C@@H]1C)C2(C)C. The maximum absolute atomic E-state index is 13.9. The fourth-order valence-corrected chi connectivity index (χ4v) is 9.18. The number of amides is 2. The number of fused-ring (bicyclic) bond motifs is 2. The van der Waals surface area contributed by atoms with Crippen LogP contribution >= 0.6 is 0 Å². The van der Waals surface area contributed by atoms with E-state index in [0.717, 1.165) is 57.8 Å². The smallest absolute Gasteiger partial charge is 0.240 e. The zero-order chi connectivity index (χ0) is 30.0. The molecule has 1 saturated heterocycles. The molecule has 0 aromatic rings. The highest BCUT2D eigenvalue weighted by Gasteiger charge is 2.57. The summed E-state index contributed by atoms with van der Waals surface area (Å²) in [4.78, 5) is 32.5. The van der Waals surface area contributed by atoms with Crippen LogP contribution in [0.3, 0.4) is 0 Å². The Morgan fingerprint density at radius 2 is 1.81 bits per heavy atom. The standard InChI is InChI=1S/C34H55N3O5/c1-21-27-17-26(34(27,3)4)18-28(21)36-33(41)31-30(22(2)39)29(20-38)42-37(31)19-24-11-8-10-23(16-24)12-9-15-35-32(40)25-13-6-5-7-14-25/h21-31,38-39H,5-8,10-11,13-20H2,1-4H3,(H,35,40)(H,36,41)/t21-,22-,23?,24?,26+,27?,28-,29-,30+,31-/m0/s1. The fourth-order valence-electron chi connectivity index (χ4n) is 9.18. The van der Waals surface area contributed by atoms with Gasteiger partial charge >= 0.3 is 0 Å². The van der Waals surface area contributed by atoms with Crippen LogP contribution in [0.1, 0.15) is 98.3 Å². The first-order valence-corrected chi connectivity index (χ1v) is 16.9. The van der Waals surface area contributed by atoms with Crippen molar-refractivity contribution in [2.24, 2.45) is 46.8 Å². The molecule has 2 amide bonds. The van der Waals surface area contributed by atoms with E-state index < -0.39 is 24.2 Å². The molecule has 8 heteroatoms. The van der Waals surface area contributed by atoms with Crippen molar-refractivity contribution >= 4 is 11.8 Å². The van der Waals surface area contributed by atoms with Gasteiger partial charge in [-0.3, -0.25) is 14.4 Å². The molecule has 236 valence electrons. The number of aliphatic hydroxyl groups excluding tert-OH is 2. The van der Waals surface area contributed by atoms with Crippen LogP contribution < -0.4 is 10.6 Å². The molecule has 10 atom stereocenters. The maximum atomic E-state index is 13.9. The second-order valence-electron chi connectivity index (χ2n) is 14.9. The number of carbonyl (C=O) groups excluding carboxylic acids is 2. The minimum Gasteiger partial charge on any atom is -0.394 e.